The largest absolute Gasteiger partial charge is 0.352 e. The van der Waals surface area contributed by atoms with E-state index in [1.54, 1.807) is 11.0 Å². The number of carbonyl (C=O) groups excluding carboxylic acids is 1. The molecule has 0 fully saturated rings. The minimum absolute atomic E-state index is 0.119. The molecule has 0 unspecified atom stereocenters. The molecule has 0 saturated heterocycles. The first-order valence-corrected chi connectivity index (χ1v) is 9.20. The van der Waals surface area contributed by atoms with Gasteiger partial charge in [0.2, 0.25) is 0 Å². The van der Waals surface area contributed by atoms with Crippen LogP contribution in [-0.4, -0.2) is 11.7 Å². The van der Waals surface area contributed by atoms with Crippen LogP contribution in [0.3, 0.4) is 0 Å². The summed E-state index contributed by atoms with van der Waals surface area (Å²) < 4.78 is 0. The molecule has 0 atom stereocenters. The molecule has 3 aromatic carbocycles. The molecule has 0 saturated carbocycles. The lowest BCUT2D eigenvalue weighted by atomic mass is 10.2. The third-order valence-corrected chi connectivity index (χ3v) is 4.55. The van der Waals surface area contributed by atoms with Gasteiger partial charge >= 0.3 is 0 Å². The number of amidine groups is 1. The Balaban J connectivity index is 1.75. The van der Waals surface area contributed by atoms with E-state index in [1.165, 1.54) is 11.1 Å². The lowest BCUT2D eigenvalue weighted by Crippen LogP contribution is -2.32. The number of aliphatic imine (C=N–C) groups is 1. The van der Waals surface area contributed by atoms with Gasteiger partial charge in [0.1, 0.15) is 0 Å². The first kappa shape index (κ1) is 17.7. The second-order valence-electron chi connectivity index (χ2n) is 6.83. The minimum Gasteiger partial charge on any atom is -0.352 e. The molecule has 1 N–H and O–H groups in total. The Morgan fingerprint density at radius 2 is 1.39 bits per heavy atom. The maximum absolute atomic E-state index is 12.8. The van der Waals surface area contributed by atoms with Gasteiger partial charge in [-0.05, 0) is 50.2 Å². The summed E-state index contributed by atoms with van der Waals surface area (Å²) in [6, 6.07) is 25.6. The molecule has 1 aliphatic heterocycles. The number of para-hydroxylation sites is 1. The number of carbonyl (C=O) groups is 1. The maximum atomic E-state index is 12.8. The third-order valence-electron chi connectivity index (χ3n) is 4.55. The molecule has 4 heteroatoms. The molecule has 0 aromatic heterocycles. The van der Waals surface area contributed by atoms with E-state index < -0.39 is 0 Å². The highest BCUT2D eigenvalue weighted by Gasteiger charge is 2.30. The van der Waals surface area contributed by atoms with Gasteiger partial charge in [-0.2, -0.15) is 0 Å². The van der Waals surface area contributed by atoms with Crippen LogP contribution in [0.4, 0.5) is 17.1 Å². The van der Waals surface area contributed by atoms with Crippen molar-refractivity contribution in [3.8, 4) is 0 Å². The molecular formula is C24H21N3O. The van der Waals surface area contributed by atoms with Gasteiger partial charge in [-0.1, -0.05) is 53.6 Å². The number of hydrogen-bond acceptors (Lipinski definition) is 3. The summed E-state index contributed by atoms with van der Waals surface area (Å²) in [5, 5.41) is 3.35. The SMILES string of the molecule is Cc1ccc(N=C2C(Nc3ccc(C)cc3)=CC(=O)N2c2ccccc2)cc1. The molecule has 3 aromatic rings. The molecule has 0 spiro atoms. The van der Waals surface area contributed by atoms with Crippen LogP contribution in [0.5, 0.6) is 0 Å². The standard InChI is InChI=1S/C24H21N3O/c1-17-8-12-19(13-9-17)25-22-16-23(28)27(21-6-4-3-5-7-21)24(22)26-20-14-10-18(2)11-15-20/h3-16,25H,1-2H3. The van der Waals surface area contributed by atoms with E-state index in [-0.39, 0.29) is 5.91 Å². The molecular weight excluding hydrogens is 346 g/mol. The van der Waals surface area contributed by atoms with Gasteiger partial charge < -0.3 is 5.32 Å². The Kier molecular flexibility index (Phi) is 4.77. The number of hydrogen-bond donors (Lipinski definition) is 1. The predicted molar refractivity (Wildman–Crippen MR) is 115 cm³/mol. The lowest BCUT2D eigenvalue weighted by molar-refractivity contribution is -0.113. The summed E-state index contributed by atoms with van der Waals surface area (Å²) in [4.78, 5) is 19.2. The second-order valence-corrected chi connectivity index (χ2v) is 6.83. The van der Waals surface area contributed by atoms with E-state index >= 15 is 0 Å². The summed E-state index contributed by atoms with van der Waals surface area (Å²) in [6.45, 7) is 4.08. The van der Waals surface area contributed by atoms with Crippen LogP contribution in [0.2, 0.25) is 0 Å². The zero-order valence-electron chi connectivity index (χ0n) is 15.9. The molecule has 0 radical (unpaired) electrons. The summed E-state index contributed by atoms with van der Waals surface area (Å²) in [5.74, 6) is 0.465. The van der Waals surface area contributed by atoms with Gasteiger partial charge in [0.15, 0.2) is 5.84 Å². The first-order chi connectivity index (χ1) is 13.6. The van der Waals surface area contributed by atoms with Crippen LogP contribution in [-0.2, 0) is 4.79 Å². The fourth-order valence-corrected chi connectivity index (χ4v) is 3.04. The van der Waals surface area contributed by atoms with E-state index in [2.05, 4.69) is 5.32 Å². The van der Waals surface area contributed by atoms with Crippen LogP contribution in [0.25, 0.3) is 0 Å². The number of nitrogens with zero attached hydrogens (tertiary/aromatic N) is 2. The topological polar surface area (TPSA) is 44.7 Å². The van der Waals surface area contributed by atoms with Crippen LogP contribution >= 0.6 is 0 Å². The van der Waals surface area contributed by atoms with Crippen LogP contribution < -0.4 is 10.2 Å². The number of anilines is 2. The van der Waals surface area contributed by atoms with Crippen LogP contribution in [0.1, 0.15) is 11.1 Å². The third kappa shape index (κ3) is 3.71. The highest BCUT2D eigenvalue weighted by molar-refractivity contribution is 6.33. The molecule has 0 aliphatic carbocycles. The van der Waals surface area contributed by atoms with Crippen molar-refractivity contribution < 1.29 is 4.79 Å². The Labute approximate surface area is 164 Å². The molecule has 4 rings (SSSR count). The molecule has 1 amide bonds. The quantitative estimate of drug-likeness (QED) is 0.673. The van der Waals surface area contributed by atoms with E-state index in [0.29, 0.717) is 11.5 Å². The molecule has 1 heterocycles. The van der Waals surface area contributed by atoms with Gasteiger partial charge in [-0.3, -0.25) is 9.69 Å². The van der Waals surface area contributed by atoms with Crippen molar-refractivity contribution >= 4 is 28.8 Å². The highest BCUT2D eigenvalue weighted by Crippen LogP contribution is 2.27. The van der Waals surface area contributed by atoms with Crippen molar-refractivity contribution in [3.05, 3.63) is 102 Å². The number of aryl methyl sites for hydroxylation is 2. The van der Waals surface area contributed by atoms with Gasteiger partial charge in [-0.15, -0.1) is 0 Å². The summed E-state index contributed by atoms with van der Waals surface area (Å²) in [7, 11) is 0. The summed E-state index contributed by atoms with van der Waals surface area (Å²) in [6.07, 6.45) is 1.60. The smallest absolute Gasteiger partial charge is 0.259 e. The molecule has 0 bridgehead atoms. The van der Waals surface area contributed by atoms with Crippen molar-refractivity contribution in [1.29, 1.82) is 0 Å². The Hall–Kier alpha value is -3.66. The predicted octanol–water partition coefficient (Wildman–Crippen LogP) is 5.38. The highest BCUT2D eigenvalue weighted by atomic mass is 16.2. The van der Waals surface area contributed by atoms with Gasteiger partial charge in [0.25, 0.3) is 5.91 Å². The van der Waals surface area contributed by atoms with E-state index in [4.69, 9.17) is 4.99 Å². The van der Waals surface area contributed by atoms with Gasteiger partial charge in [0.05, 0.1) is 17.1 Å². The average molecular weight is 367 g/mol. The van der Waals surface area contributed by atoms with Gasteiger partial charge in [0, 0.05) is 11.8 Å². The number of benzene rings is 3. The molecule has 1 aliphatic rings. The Morgan fingerprint density at radius 1 is 0.786 bits per heavy atom. The monoisotopic (exact) mass is 367 g/mol. The van der Waals surface area contributed by atoms with Gasteiger partial charge in [-0.25, -0.2) is 4.99 Å². The van der Waals surface area contributed by atoms with Crippen molar-refractivity contribution in [2.24, 2.45) is 4.99 Å². The summed E-state index contributed by atoms with van der Waals surface area (Å²) in [5.41, 5.74) is 5.53. The first-order valence-electron chi connectivity index (χ1n) is 9.20. The Bertz CT molecular complexity index is 1050. The maximum Gasteiger partial charge on any atom is 0.259 e. The molecule has 28 heavy (non-hydrogen) atoms. The summed E-state index contributed by atoms with van der Waals surface area (Å²) >= 11 is 0. The fourth-order valence-electron chi connectivity index (χ4n) is 3.04. The average Bonchev–Trinajstić information content (AvgIpc) is 3.01. The zero-order chi connectivity index (χ0) is 19.5. The van der Waals surface area contributed by atoms with E-state index in [0.717, 1.165) is 17.1 Å². The normalized spacial score (nSPS) is 15.1. The molecule has 138 valence electrons. The van der Waals surface area contributed by atoms with Crippen molar-refractivity contribution in [1.82, 2.24) is 0 Å². The number of amides is 1. The Morgan fingerprint density at radius 3 is 2.04 bits per heavy atom. The number of rotatable bonds is 4. The molecule has 4 nitrogen and oxygen atoms in total. The second kappa shape index (κ2) is 7.53. The van der Waals surface area contributed by atoms with Crippen LogP contribution in [0, 0.1) is 13.8 Å². The number of nitrogens with one attached hydrogen (secondary N) is 1. The van der Waals surface area contributed by atoms with Crippen molar-refractivity contribution in [2.75, 3.05) is 10.2 Å². The minimum atomic E-state index is -0.119. The van der Waals surface area contributed by atoms with Crippen LogP contribution in [0.15, 0.2) is 95.6 Å². The van der Waals surface area contributed by atoms with E-state index in [9.17, 15) is 4.79 Å². The zero-order valence-corrected chi connectivity index (χ0v) is 15.9. The van der Waals surface area contributed by atoms with Crippen molar-refractivity contribution in [2.45, 2.75) is 13.8 Å². The fraction of sp³-hybridized carbons (Fsp3) is 0.0833. The van der Waals surface area contributed by atoms with Crippen molar-refractivity contribution in [3.63, 3.8) is 0 Å². The van der Waals surface area contributed by atoms with E-state index in [1.807, 2.05) is 92.7 Å². The lowest BCUT2D eigenvalue weighted by Gasteiger charge is -2.19.